The highest BCUT2D eigenvalue weighted by atomic mass is 15.0. The molecule has 0 bridgehead atoms. The van der Waals surface area contributed by atoms with Crippen molar-refractivity contribution in [1.29, 1.82) is 0 Å². The van der Waals surface area contributed by atoms with Crippen molar-refractivity contribution in [3.8, 4) is 157 Å². The van der Waals surface area contributed by atoms with Gasteiger partial charge < -0.3 is 18.3 Å². The Bertz CT molecular complexity index is 7520. The fourth-order valence-electron chi connectivity index (χ4n) is 19.9. The fraction of sp³-hybridized carbons (Fsp3) is 0. The summed E-state index contributed by atoms with van der Waals surface area (Å²) in [4.78, 5) is 11.0. The predicted molar refractivity (Wildman–Crippen MR) is 545 cm³/mol. The van der Waals surface area contributed by atoms with Crippen molar-refractivity contribution in [2.24, 2.45) is 0 Å². The first-order chi connectivity index (χ1) is 64.4. The molecule has 0 atom stereocenters. The Morgan fingerprint density at radius 2 is 0.254 bits per heavy atom. The molecule has 25 rings (SSSR count). The Labute approximate surface area is 752 Å². The minimum atomic E-state index is 0.902. The lowest BCUT2D eigenvalue weighted by Crippen LogP contribution is -1.94. The normalized spacial score (nSPS) is 11.7. The van der Waals surface area contributed by atoms with Gasteiger partial charge in [-0.3, -0.25) is 0 Å². The molecule has 0 fully saturated rings. The van der Waals surface area contributed by atoms with Crippen LogP contribution in [-0.2, 0) is 0 Å². The summed E-state index contributed by atoms with van der Waals surface area (Å²) in [6.07, 6.45) is 0. The molecule has 0 unspecified atom stereocenters. The molecule has 0 aliphatic heterocycles. The van der Waals surface area contributed by atoms with Crippen LogP contribution in [0, 0.1) is 0 Å². The zero-order valence-electron chi connectivity index (χ0n) is 70.9. The Kier molecular flexibility index (Phi) is 18.2. The van der Waals surface area contributed by atoms with Crippen LogP contribution >= 0.6 is 0 Å². The van der Waals surface area contributed by atoms with Gasteiger partial charge in [0, 0.05) is 88.1 Å². The van der Waals surface area contributed by atoms with Gasteiger partial charge in [-0.15, -0.1) is 0 Å². The third-order valence-electron chi connectivity index (χ3n) is 26.5. The van der Waals surface area contributed by atoms with Gasteiger partial charge in [-0.1, -0.05) is 358 Å². The molecule has 0 saturated heterocycles. The van der Waals surface area contributed by atoms with Crippen molar-refractivity contribution in [2.45, 2.75) is 0 Å². The molecule has 0 N–H and O–H groups in total. The SMILES string of the molecule is c1cc(-c2ccc(-c3cc(-c4ccc(-c5ccc(-n6c7ccccc7c7ccccc76)cc5)cc4)nc(-c4ccc(-c5ccc(-n6c7ccccc7c7ccccc76)cc5)cc4)c3)cc2)cc(-c2ccc(-c3cc(-c4ccc(-c5ccc(-n6c7ccccc7c7ccccc76)cc5)cc4)nc(-c4ccc(-c5ccc(-n6c7ccccc7c7ccccc76)cc5)cc4)c3)cc2)c1. The molecular weight excluding hydrogens is 1570 g/mol. The summed E-state index contributed by atoms with van der Waals surface area (Å²) in [5.41, 5.74) is 40.0. The lowest BCUT2D eigenvalue weighted by molar-refractivity contribution is 1.18. The molecule has 6 heteroatoms. The minimum Gasteiger partial charge on any atom is -0.309 e. The van der Waals surface area contributed by atoms with E-state index in [1.54, 1.807) is 0 Å². The van der Waals surface area contributed by atoms with Crippen LogP contribution in [-0.4, -0.2) is 28.2 Å². The predicted octanol–water partition coefficient (Wildman–Crippen LogP) is 32.9. The number of nitrogens with zero attached hydrogens (tertiary/aromatic N) is 6. The Balaban J connectivity index is 0.512. The van der Waals surface area contributed by atoms with Crippen LogP contribution in [0.3, 0.4) is 0 Å². The van der Waals surface area contributed by atoms with Gasteiger partial charge in [-0.2, -0.15) is 0 Å². The molecule has 0 aliphatic carbocycles. The smallest absolute Gasteiger partial charge is 0.0715 e. The van der Waals surface area contributed by atoms with E-state index in [1.807, 2.05) is 0 Å². The molecule has 6 nitrogen and oxygen atoms in total. The number of fused-ring (bicyclic) bond motifs is 12. The highest BCUT2D eigenvalue weighted by Crippen LogP contribution is 2.43. The topological polar surface area (TPSA) is 45.5 Å². The van der Waals surface area contributed by atoms with Crippen molar-refractivity contribution >= 4 is 87.2 Å². The van der Waals surface area contributed by atoms with Crippen molar-refractivity contribution in [2.75, 3.05) is 0 Å². The van der Waals surface area contributed by atoms with Gasteiger partial charge >= 0.3 is 0 Å². The van der Waals surface area contributed by atoms with Crippen LogP contribution in [0.15, 0.2) is 485 Å². The molecule has 0 saturated carbocycles. The van der Waals surface area contributed by atoms with Crippen molar-refractivity contribution in [3.63, 3.8) is 0 Å². The van der Waals surface area contributed by atoms with Crippen LogP contribution in [0.2, 0.25) is 0 Å². The molecule has 606 valence electrons. The minimum absolute atomic E-state index is 0.902. The van der Waals surface area contributed by atoms with Gasteiger partial charge in [0.05, 0.1) is 66.9 Å². The van der Waals surface area contributed by atoms with E-state index in [0.717, 1.165) is 157 Å². The van der Waals surface area contributed by atoms with E-state index in [9.17, 15) is 0 Å². The van der Waals surface area contributed by atoms with E-state index < -0.39 is 0 Å². The summed E-state index contributed by atoms with van der Waals surface area (Å²) in [5, 5.41) is 10.0. The maximum absolute atomic E-state index is 5.49. The molecule has 130 heavy (non-hydrogen) atoms. The highest BCUT2D eigenvalue weighted by molar-refractivity contribution is 6.13. The highest BCUT2D eigenvalue weighted by Gasteiger charge is 2.21. The second-order valence-electron chi connectivity index (χ2n) is 34.0. The van der Waals surface area contributed by atoms with Crippen LogP contribution in [0.25, 0.3) is 244 Å². The standard InChI is InChI=1S/C124H80N6/c1-9-28-117-105(20-1)106-21-2-10-29-118(106)127(117)101-68-60-85(61-69-101)81-44-52-93(53-45-81)113-77-99(78-114(125-113)94-54-46-82(47-55-94)86-62-70-102(71-63-86)128-119-30-11-3-22-107(119)108-23-4-12-31-120(108)128)91-40-36-89(37-41-91)97-18-17-19-98(76-97)90-38-42-92(43-39-90)100-79-115(95-56-48-83(49-57-95)87-64-72-103(73-65-87)129-121-32-13-5-24-109(121)110-25-6-14-33-122(110)129)126-116(80-100)96-58-50-84(51-59-96)88-66-74-104(75-67-88)130-123-34-15-7-26-111(123)112-27-8-16-35-124(112)130/h1-80H. The average molecular weight is 1650 g/mol. The molecule has 6 heterocycles. The monoisotopic (exact) mass is 1650 g/mol. The average Bonchev–Trinajstić information content (AvgIpc) is 1.58. The molecular formula is C124H80N6. The van der Waals surface area contributed by atoms with Crippen molar-refractivity contribution in [3.05, 3.63) is 485 Å². The summed E-state index contributed by atoms with van der Waals surface area (Å²) < 4.78 is 9.48. The maximum atomic E-state index is 5.49. The quantitative estimate of drug-likeness (QED) is 0.0968. The second-order valence-corrected chi connectivity index (χ2v) is 34.0. The molecule has 25 aromatic rings. The van der Waals surface area contributed by atoms with Gasteiger partial charge in [0.2, 0.25) is 0 Å². The number of hydrogen-bond donors (Lipinski definition) is 0. The zero-order valence-corrected chi connectivity index (χ0v) is 70.9. The lowest BCUT2D eigenvalue weighted by atomic mass is 9.94. The number of aromatic nitrogens is 6. The maximum Gasteiger partial charge on any atom is 0.0715 e. The third kappa shape index (κ3) is 13.3. The number of rotatable bonds is 16. The van der Waals surface area contributed by atoms with E-state index in [0.29, 0.717) is 0 Å². The Morgan fingerprint density at radius 3 is 0.438 bits per heavy atom. The molecule has 6 aromatic heterocycles. The Hall–Kier alpha value is -17.3. The molecule has 0 amide bonds. The summed E-state index contributed by atoms with van der Waals surface area (Å²) in [5.74, 6) is 0. The summed E-state index contributed by atoms with van der Waals surface area (Å²) in [6.45, 7) is 0. The number of pyridine rings is 2. The third-order valence-corrected chi connectivity index (χ3v) is 26.5. The van der Waals surface area contributed by atoms with Gasteiger partial charge in [-0.05, 0) is 216 Å². The molecule has 0 spiro atoms. The number of para-hydroxylation sites is 8. The summed E-state index contributed by atoms with van der Waals surface area (Å²) in [7, 11) is 0. The first-order valence-corrected chi connectivity index (χ1v) is 44.5. The van der Waals surface area contributed by atoms with Gasteiger partial charge in [-0.25, -0.2) is 9.97 Å². The zero-order chi connectivity index (χ0) is 85.7. The van der Waals surface area contributed by atoms with E-state index in [-0.39, 0.29) is 0 Å². The van der Waals surface area contributed by atoms with Crippen LogP contribution in [0.1, 0.15) is 0 Å². The lowest BCUT2D eigenvalue weighted by Gasteiger charge is -2.13. The molecule has 0 aliphatic rings. The van der Waals surface area contributed by atoms with Crippen LogP contribution in [0.4, 0.5) is 0 Å². The Morgan fingerprint density at radius 1 is 0.108 bits per heavy atom. The van der Waals surface area contributed by atoms with E-state index in [1.165, 1.54) is 87.2 Å². The van der Waals surface area contributed by atoms with Crippen LogP contribution in [0.5, 0.6) is 0 Å². The van der Waals surface area contributed by atoms with E-state index in [2.05, 4.69) is 504 Å². The summed E-state index contributed by atoms with van der Waals surface area (Å²) in [6, 6.07) is 177. The second kappa shape index (κ2) is 31.4. The molecule has 19 aromatic carbocycles. The number of hydrogen-bond acceptors (Lipinski definition) is 2. The van der Waals surface area contributed by atoms with Crippen LogP contribution < -0.4 is 0 Å². The summed E-state index contributed by atoms with van der Waals surface area (Å²) >= 11 is 0. The van der Waals surface area contributed by atoms with Crippen molar-refractivity contribution < 1.29 is 0 Å². The first-order valence-electron chi connectivity index (χ1n) is 44.5. The van der Waals surface area contributed by atoms with Gasteiger partial charge in [0.1, 0.15) is 0 Å². The van der Waals surface area contributed by atoms with Gasteiger partial charge in [0.25, 0.3) is 0 Å². The number of benzene rings is 19. The van der Waals surface area contributed by atoms with E-state index in [4.69, 9.17) is 9.97 Å². The van der Waals surface area contributed by atoms with Crippen molar-refractivity contribution in [1.82, 2.24) is 28.2 Å². The van der Waals surface area contributed by atoms with Gasteiger partial charge in [0.15, 0.2) is 0 Å². The van der Waals surface area contributed by atoms with E-state index >= 15 is 0 Å². The first kappa shape index (κ1) is 75.2. The molecule has 0 radical (unpaired) electrons. The fourth-order valence-corrected chi connectivity index (χ4v) is 19.9. The largest absolute Gasteiger partial charge is 0.309 e.